The smallest absolute Gasteiger partial charge is 0.188 e. The average molecular weight is 332 g/mol. The van der Waals surface area contributed by atoms with Gasteiger partial charge in [0.1, 0.15) is 0 Å². The molecule has 1 unspecified atom stereocenters. The lowest BCUT2D eigenvalue weighted by Gasteiger charge is -2.15. The summed E-state index contributed by atoms with van der Waals surface area (Å²) in [4.78, 5) is 7.04. The molecule has 0 amide bonds. The van der Waals surface area contributed by atoms with Crippen LogP contribution in [0.4, 0.5) is 0 Å². The topological polar surface area (TPSA) is 72.1 Å². The molecule has 1 heterocycles. The SMILES string of the molecule is COc1ccc(CN=C(N)NCC2CCN(C3CC3)C2)cc1OC. The molecule has 1 aliphatic carbocycles. The predicted octanol–water partition coefficient (Wildman–Crippen LogP) is 1.59. The number of nitrogens with one attached hydrogen (secondary N) is 1. The molecule has 2 fully saturated rings. The molecule has 3 N–H and O–H groups in total. The maximum Gasteiger partial charge on any atom is 0.188 e. The van der Waals surface area contributed by atoms with Crippen LogP contribution in [0.3, 0.4) is 0 Å². The summed E-state index contributed by atoms with van der Waals surface area (Å²) in [5.41, 5.74) is 7.04. The molecule has 24 heavy (non-hydrogen) atoms. The normalized spacial score (nSPS) is 21.8. The Hall–Kier alpha value is -1.95. The first-order valence-corrected chi connectivity index (χ1v) is 8.68. The van der Waals surface area contributed by atoms with Gasteiger partial charge in [0.05, 0.1) is 20.8 Å². The highest BCUT2D eigenvalue weighted by Gasteiger charge is 2.34. The second kappa shape index (κ2) is 7.75. The van der Waals surface area contributed by atoms with E-state index in [1.807, 2.05) is 18.2 Å². The van der Waals surface area contributed by atoms with Gasteiger partial charge < -0.3 is 25.4 Å². The first-order chi connectivity index (χ1) is 11.7. The Labute approximate surface area is 144 Å². The third kappa shape index (κ3) is 4.32. The van der Waals surface area contributed by atoms with Crippen LogP contribution in [-0.2, 0) is 6.54 Å². The van der Waals surface area contributed by atoms with Gasteiger partial charge in [0.15, 0.2) is 17.5 Å². The molecule has 1 aromatic rings. The second-order valence-electron chi connectivity index (χ2n) is 6.65. The fourth-order valence-corrected chi connectivity index (χ4v) is 3.26. The van der Waals surface area contributed by atoms with Crippen molar-refractivity contribution in [3.8, 4) is 11.5 Å². The molecule has 0 bridgehead atoms. The zero-order valence-electron chi connectivity index (χ0n) is 14.6. The number of nitrogens with zero attached hydrogens (tertiary/aromatic N) is 2. The van der Waals surface area contributed by atoms with Crippen LogP contribution in [0.5, 0.6) is 11.5 Å². The monoisotopic (exact) mass is 332 g/mol. The predicted molar refractivity (Wildman–Crippen MR) is 95.6 cm³/mol. The van der Waals surface area contributed by atoms with Crippen LogP contribution in [-0.4, -0.2) is 50.8 Å². The average Bonchev–Trinajstić information content (AvgIpc) is 3.36. The van der Waals surface area contributed by atoms with Gasteiger partial charge in [0, 0.05) is 19.1 Å². The van der Waals surface area contributed by atoms with Crippen molar-refractivity contribution >= 4 is 5.96 Å². The van der Waals surface area contributed by atoms with E-state index in [9.17, 15) is 0 Å². The first kappa shape index (κ1) is 16.9. The highest BCUT2D eigenvalue weighted by Crippen LogP contribution is 2.31. The highest BCUT2D eigenvalue weighted by molar-refractivity contribution is 5.77. The summed E-state index contributed by atoms with van der Waals surface area (Å²) in [7, 11) is 3.26. The van der Waals surface area contributed by atoms with E-state index < -0.39 is 0 Å². The maximum atomic E-state index is 6.00. The summed E-state index contributed by atoms with van der Waals surface area (Å²) in [6.45, 7) is 3.86. The number of hydrogen-bond acceptors (Lipinski definition) is 4. The van der Waals surface area contributed by atoms with E-state index in [-0.39, 0.29) is 0 Å². The largest absolute Gasteiger partial charge is 0.493 e. The lowest BCUT2D eigenvalue weighted by atomic mass is 10.1. The standard InChI is InChI=1S/C18H28N4O2/c1-23-16-6-3-13(9-17(16)24-2)10-20-18(19)21-11-14-7-8-22(12-14)15-4-5-15/h3,6,9,14-15H,4-5,7-8,10-12H2,1-2H3,(H3,19,20,21). The number of guanidine groups is 1. The van der Waals surface area contributed by atoms with Crippen molar-refractivity contribution in [2.24, 2.45) is 16.6 Å². The van der Waals surface area contributed by atoms with Crippen LogP contribution in [0.25, 0.3) is 0 Å². The van der Waals surface area contributed by atoms with Crippen molar-refractivity contribution < 1.29 is 9.47 Å². The highest BCUT2D eigenvalue weighted by atomic mass is 16.5. The molecule has 132 valence electrons. The summed E-state index contributed by atoms with van der Waals surface area (Å²) < 4.78 is 10.5. The van der Waals surface area contributed by atoms with Crippen LogP contribution in [0.2, 0.25) is 0 Å². The van der Waals surface area contributed by atoms with Crippen LogP contribution < -0.4 is 20.5 Å². The molecule has 6 nitrogen and oxygen atoms in total. The van der Waals surface area contributed by atoms with Gasteiger partial charge in [-0.2, -0.15) is 0 Å². The van der Waals surface area contributed by atoms with E-state index in [2.05, 4.69) is 15.2 Å². The quantitative estimate of drug-likeness (QED) is 0.586. The van der Waals surface area contributed by atoms with Crippen molar-refractivity contribution in [3.63, 3.8) is 0 Å². The number of likely N-dealkylation sites (tertiary alicyclic amines) is 1. The van der Waals surface area contributed by atoms with Crippen LogP contribution in [0.1, 0.15) is 24.8 Å². The molecular formula is C18H28N4O2. The second-order valence-corrected chi connectivity index (χ2v) is 6.65. The van der Waals surface area contributed by atoms with E-state index >= 15 is 0 Å². The third-order valence-corrected chi connectivity index (χ3v) is 4.83. The molecule has 1 saturated heterocycles. The Bertz CT molecular complexity index is 586. The van der Waals surface area contributed by atoms with E-state index in [4.69, 9.17) is 15.2 Å². The third-order valence-electron chi connectivity index (χ3n) is 4.83. The van der Waals surface area contributed by atoms with E-state index in [1.54, 1.807) is 14.2 Å². The number of hydrogen-bond donors (Lipinski definition) is 2. The molecule has 2 aliphatic rings. The zero-order chi connectivity index (χ0) is 16.9. The molecular weight excluding hydrogens is 304 g/mol. The molecule has 0 radical (unpaired) electrons. The van der Waals surface area contributed by atoms with Gasteiger partial charge in [-0.3, -0.25) is 0 Å². The minimum Gasteiger partial charge on any atom is -0.493 e. The van der Waals surface area contributed by atoms with Gasteiger partial charge in [-0.25, -0.2) is 4.99 Å². The molecule has 1 aromatic carbocycles. The van der Waals surface area contributed by atoms with Gasteiger partial charge in [-0.05, 0) is 49.4 Å². The van der Waals surface area contributed by atoms with Crippen molar-refractivity contribution in [1.82, 2.24) is 10.2 Å². The number of ether oxygens (including phenoxy) is 2. The van der Waals surface area contributed by atoms with Gasteiger partial charge in [-0.1, -0.05) is 6.07 Å². The minimum absolute atomic E-state index is 0.509. The van der Waals surface area contributed by atoms with Crippen LogP contribution >= 0.6 is 0 Å². The van der Waals surface area contributed by atoms with Gasteiger partial charge >= 0.3 is 0 Å². The van der Waals surface area contributed by atoms with Crippen molar-refractivity contribution in [1.29, 1.82) is 0 Å². The lowest BCUT2D eigenvalue weighted by Crippen LogP contribution is -2.36. The van der Waals surface area contributed by atoms with E-state index in [0.717, 1.165) is 23.9 Å². The Balaban J connectivity index is 1.45. The molecule has 0 spiro atoms. The molecule has 1 saturated carbocycles. The first-order valence-electron chi connectivity index (χ1n) is 8.68. The summed E-state index contributed by atoms with van der Waals surface area (Å²) in [6.07, 6.45) is 4.02. The molecule has 1 atom stereocenters. The molecule has 6 heteroatoms. The Morgan fingerprint density at radius 1 is 1.25 bits per heavy atom. The number of methoxy groups -OCH3 is 2. The van der Waals surface area contributed by atoms with Crippen molar-refractivity contribution in [2.45, 2.75) is 31.8 Å². The Morgan fingerprint density at radius 2 is 2.04 bits per heavy atom. The van der Waals surface area contributed by atoms with Crippen molar-refractivity contribution in [3.05, 3.63) is 23.8 Å². The summed E-state index contributed by atoms with van der Waals surface area (Å²) in [5.74, 6) is 2.62. The molecule has 1 aliphatic heterocycles. The lowest BCUT2D eigenvalue weighted by molar-refractivity contribution is 0.314. The van der Waals surface area contributed by atoms with Gasteiger partial charge in [-0.15, -0.1) is 0 Å². The van der Waals surface area contributed by atoms with E-state index in [0.29, 0.717) is 24.2 Å². The fourth-order valence-electron chi connectivity index (χ4n) is 3.26. The fraction of sp³-hybridized carbons (Fsp3) is 0.611. The van der Waals surface area contributed by atoms with Gasteiger partial charge in [0.25, 0.3) is 0 Å². The molecule has 0 aromatic heterocycles. The summed E-state index contributed by atoms with van der Waals surface area (Å²) in [6, 6.07) is 6.66. The number of rotatable bonds is 7. The van der Waals surface area contributed by atoms with E-state index in [1.165, 1.54) is 32.4 Å². The van der Waals surface area contributed by atoms with Crippen molar-refractivity contribution in [2.75, 3.05) is 33.9 Å². The number of nitrogens with two attached hydrogens (primary N) is 1. The molecule has 3 rings (SSSR count). The number of aliphatic imine (C=N–C) groups is 1. The zero-order valence-corrected chi connectivity index (χ0v) is 14.6. The Morgan fingerprint density at radius 3 is 2.75 bits per heavy atom. The van der Waals surface area contributed by atoms with Gasteiger partial charge in [0.2, 0.25) is 0 Å². The minimum atomic E-state index is 0.509. The van der Waals surface area contributed by atoms with Crippen LogP contribution in [0, 0.1) is 5.92 Å². The Kier molecular flexibility index (Phi) is 5.45. The summed E-state index contributed by atoms with van der Waals surface area (Å²) >= 11 is 0. The summed E-state index contributed by atoms with van der Waals surface area (Å²) in [5, 5.41) is 3.27. The maximum absolute atomic E-state index is 6.00. The number of benzene rings is 1. The van der Waals surface area contributed by atoms with Crippen LogP contribution in [0.15, 0.2) is 23.2 Å².